The molecule has 0 aromatic carbocycles. The van der Waals surface area contributed by atoms with Gasteiger partial charge in [0.15, 0.2) is 0 Å². The van der Waals surface area contributed by atoms with Crippen LogP contribution in [0.25, 0.3) is 0 Å². The van der Waals surface area contributed by atoms with E-state index < -0.39 is 24.2 Å². The molecule has 1 unspecified atom stereocenters. The summed E-state index contributed by atoms with van der Waals surface area (Å²) in [5.74, 6) is -0.562. The van der Waals surface area contributed by atoms with E-state index in [0.29, 0.717) is 6.42 Å². The van der Waals surface area contributed by atoms with Crippen LogP contribution in [-0.4, -0.2) is 46.1 Å². The minimum Gasteiger partial charge on any atom is -0.394 e. The van der Waals surface area contributed by atoms with Crippen molar-refractivity contribution in [3.8, 4) is 0 Å². The molecule has 0 aliphatic carbocycles. The van der Waals surface area contributed by atoms with E-state index in [4.69, 9.17) is 0 Å². The molecule has 0 aliphatic heterocycles. The van der Waals surface area contributed by atoms with Crippen molar-refractivity contribution in [3.05, 3.63) is 0 Å². The van der Waals surface area contributed by atoms with Gasteiger partial charge in [0, 0.05) is 0 Å². The zero-order chi connectivity index (χ0) is 19.6. The molecular formula is C21H43NO4. The smallest absolute Gasteiger partial charge is 0.248 e. The first-order valence-electron chi connectivity index (χ1n) is 10.8. The first-order chi connectivity index (χ1) is 12.5. The third kappa shape index (κ3) is 14.5. The van der Waals surface area contributed by atoms with Gasteiger partial charge in [0.05, 0.1) is 18.8 Å². The molecule has 0 aromatic heterocycles. The van der Waals surface area contributed by atoms with Crippen LogP contribution in [0.3, 0.4) is 0 Å². The Hall–Kier alpha value is -0.650. The van der Waals surface area contributed by atoms with Crippen molar-refractivity contribution in [3.63, 3.8) is 0 Å². The lowest BCUT2D eigenvalue weighted by Crippen LogP contribution is -2.48. The maximum absolute atomic E-state index is 11.4. The number of hydrogen-bond acceptors (Lipinski definition) is 4. The number of amides is 1. The van der Waals surface area contributed by atoms with Gasteiger partial charge in [-0.2, -0.15) is 0 Å². The van der Waals surface area contributed by atoms with Crippen molar-refractivity contribution in [2.45, 2.75) is 122 Å². The Bertz CT molecular complexity index is 323. The van der Waals surface area contributed by atoms with E-state index in [2.05, 4.69) is 12.2 Å². The van der Waals surface area contributed by atoms with Crippen LogP contribution in [0.4, 0.5) is 0 Å². The second-order valence-electron chi connectivity index (χ2n) is 7.57. The highest BCUT2D eigenvalue weighted by Gasteiger charge is 2.21. The zero-order valence-corrected chi connectivity index (χ0v) is 17.1. The van der Waals surface area contributed by atoms with Crippen molar-refractivity contribution in [1.82, 2.24) is 5.32 Å². The van der Waals surface area contributed by atoms with Crippen molar-refractivity contribution in [1.29, 1.82) is 0 Å². The highest BCUT2D eigenvalue weighted by Crippen LogP contribution is 2.14. The minimum atomic E-state index is -1.13. The van der Waals surface area contributed by atoms with Crippen LogP contribution in [-0.2, 0) is 4.79 Å². The second-order valence-corrected chi connectivity index (χ2v) is 7.57. The van der Waals surface area contributed by atoms with Gasteiger partial charge >= 0.3 is 0 Å². The standard InChI is InChI=1S/C21H43NO4/c1-3-4-5-6-7-8-9-10-11-12-13-14-15-16-20(25)19(17-23)22-21(26)18(2)24/h18-20,23-25H,3-17H2,1-2H3,(H,22,26)/t18?,19-,20+/m0/s1. The zero-order valence-electron chi connectivity index (χ0n) is 17.1. The molecule has 0 bridgehead atoms. The van der Waals surface area contributed by atoms with E-state index >= 15 is 0 Å². The summed E-state index contributed by atoms with van der Waals surface area (Å²) in [5.41, 5.74) is 0. The van der Waals surface area contributed by atoms with Gasteiger partial charge in [-0.25, -0.2) is 0 Å². The summed E-state index contributed by atoms with van der Waals surface area (Å²) in [6, 6.07) is -0.700. The first kappa shape index (κ1) is 25.4. The molecule has 1 amide bonds. The third-order valence-corrected chi connectivity index (χ3v) is 4.97. The molecule has 0 aromatic rings. The maximum Gasteiger partial charge on any atom is 0.248 e. The van der Waals surface area contributed by atoms with Crippen LogP contribution in [0.15, 0.2) is 0 Å². The number of unbranched alkanes of at least 4 members (excludes halogenated alkanes) is 12. The van der Waals surface area contributed by atoms with Crippen LogP contribution in [0, 0.1) is 0 Å². The molecule has 0 spiro atoms. The maximum atomic E-state index is 11.4. The fraction of sp³-hybridized carbons (Fsp3) is 0.952. The van der Waals surface area contributed by atoms with Crippen LogP contribution in [0.1, 0.15) is 104 Å². The third-order valence-electron chi connectivity index (χ3n) is 4.97. The van der Waals surface area contributed by atoms with E-state index in [9.17, 15) is 20.1 Å². The summed E-state index contributed by atoms with van der Waals surface area (Å²) in [5, 5.41) is 31.0. The van der Waals surface area contributed by atoms with E-state index in [1.54, 1.807) is 0 Å². The Morgan fingerprint density at radius 2 is 1.23 bits per heavy atom. The molecule has 5 nitrogen and oxygen atoms in total. The Kier molecular flexibility index (Phi) is 17.3. The number of nitrogens with one attached hydrogen (secondary N) is 1. The lowest BCUT2D eigenvalue weighted by molar-refractivity contribution is -0.130. The van der Waals surface area contributed by atoms with E-state index in [1.165, 1.54) is 77.6 Å². The minimum absolute atomic E-state index is 0.321. The molecule has 4 N–H and O–H groups in total. The molecule has 0 aliphatic rings. The molecule has 0 radical (unpaired) electrons. The van der Waals surface area contributed by atoms with Crippen molar-refractivity contribution >= 4 is 5.91 Å². The number of carbonyl (C=O) groups excluding carboxylic acids is 1. The average Bonchev–Trinajstić information content (AvgIpc) is 2.62. The van der Waals surface area contributed by atoms with Gasteiger partial charge in [-0.15, -0.1) is 0 Å². The SMILES string of the molecule is CCCCCCCCCCCCCCC[C@@H](O)[C@H](CO)NC(=O)C(C)O. The molecule has 0 heterocycles. The quantitative estimate of drug-likeness (QED) is 0.276. The van der Waals surface area contributed by atoms with Crippen molar-refractivity contribution < 1.29 is 20.1 Å². The monoisotopic (exact) mass is 373 g/mol. The van der Waals surface area contributed by atoms with Gasteiger partial charge < -0.3 is 20.6 Å². The van der Waals surface area contributed by atoms with Crippen LogP contribution >= 0.6 is 0 Å². The van der Waals surface area contributed by atoms with Crippen molar-refractivity contribution in [2.24, 2.45) is 0 Å². The predicted octanol–water partition coefficient (Wildman–Crippen LogP) is 3.69. The molecule has 156 valence electrons. The van der Waals surface area contributed by atoms with E-state index in [-0.39, 0.29) is 6.61 Å². The lowest BCUT2D eigenvalue weighted by Gasteiger charge is -2.23. The normalized spacial score (nSPS) is 14.8. The summed E-state index contributed by atoms with van der Waals surface area (Å²) in [7, 11) is 0. The molecule has 26 heavy (non-hydrogen) atoms. The van der Waals surface area contributed by atoms with E-state index in [0.717, 1.165) is 12.8 Å². The highest BCUT2D eigenvalue weighted by molar-refractivity contribution is 5.80. The van der Waals surface area contributed by atoms with Crippen LogP contribution < -0.4 is 5.32 Å². The molecular weight excluding hydrogens is 330 g/mol. The van der Waals surface area contributed by atoms with Gasteiger partial charge in [-0.1, -0.05) is 90.4 Å². The largest absolute Gasteiger partial charge is 0.394 e. The van der Waals surface area contributed by atoms with Gasteiger partial charge in [0.25, 0.3) is 0 Å². The predicted molar refractivity (Wildman–Crippen MR) is 107 cm³/mol. The summed E-state index contributed by atoms with van der Waals surface area (Å²) in [4.78, 5) is 11.4. The molecule has 0 saturated carbocycles. The summed E-state index contributed by atoms with van der Waals surface area (Å²) >= 11 is 0. The number of carbonyl (C=O) groups is 1. The molecule has 0 saturated heterocycles. The molecule has 5 heteroatoms. The summed E-state index contributed by atoms with van der Waals surface area (Å²) < 4.78 is 0. The van der Waals surface area contributed by atoms with Gasteiger partial charge in [-0.05, 0) is 13.3 Å². The Morgan fingerprint density at radius 1 is 0.808 bits per heavy atom. The Morgan fingerprint density at radius 3 is 1.62 bits per heavy atom. The van der Waals surface area contributed by atoms with Gasteiger partial charge in [0.2, 0.25) is 5.91 Å². The van der Waals surface area contributed by atoms with Crippen molar-refractivity contribution in [2.75, 3.05) is 6.61 Å². The van der Waals surface area contributed by atoms with Crippen LogP contribution in [0.2, 0.25) is 0 Å². The molecule has 3 atom stereocenters. The average molecular weight is 374 g/mol. The summed E-state index contributed by atoms with van der Waals surface area (Å²) in [6.07, 6.45) is 15.2. The Balaban J connectivity index is 3.49. The lowest BCUT2D eigenvalue weighted by atomic mass is 10.0. The number of rotatable bonds is 18. The number of aliphatic hydroxyl groups excluding tert-OH is 3. The van der Waals surface area contributed by atoms with Crippen LogP contribution in [0.5, 0.6) is 0 Å². The topological polar surface area (TPSA) is 89.8 Å². The van der Waals surface area contributed by atoms with Gasteiger partial charge in [-0.3, -0.25) is 4.79 Å². The Labute approximate surface area is 160 Å². The van der Waals surface area contributed by atoms with Gasteiger partial charge in [0.1, 0.15) is 6.10 Å². The number of hydrogen-bond donors (Lipinski definition) is 4. The first-order valence-corrected chi connectivity index (χ1v) is 10.8. The number of aliphatic hydroxyl groups is 3. The molecule has 0 fully saturated rings. The summed E-state index contributed by atoms with van der Waals surface area (Å²) in [6.45, 7) is 3.29. The van der Waals surface area contributed by atoms with E-state index in [1.807, 2.05) is 0 Å². The molecule has 0 rings (SSSR count). The second kappa shape index (κ2) is 17.7. The fourth-order valence-electron chi connectivity index (χ4n) is 3.14. The fourth-order valence-corrected chi connectivity index (χ4v) is 3.14. The highest BCUT2D eigenvalue weighted by atomic mass is 16.3.